The number of likely N-dealkylation sites (N-methyl/N-ethyl adjacent to an activating group) is 1. The number of fused-ring (bicyclic) bond motifs is 4. The number of aromatic nitrogens is 2. The first kappa shape index (κ1) is 16.5. The Morgan fingerprint density at radius 1 is 1.28 bits per heavy atom. The van der Waals surface area contributed by atoms with Gasteiger partial charge in [-0.15, -0.1) is 0 Å². The molecular formula is C17H19ClN4O3. The summed E-state index contributed by atoms with van der Waals surface area (Å²) in [6.07, 6.45) is 1.57. The molecule has 2 aliphatic rings. The quantitative estimate of drug-likeness (QED) is 0.784. The standard InChI is InChI=1S/C17H19ClN4O3/c1-20-14-8-21(5-11(17(20)24)9-25-10-14)7-13-4-16(23)22-6-12(18)2-3-15(22)19-13/h2-4,6,11,14H,5,7-10H2,1H3/t11-,14+/m1/s1. The number of halogens is 1. The van der Waals surface area contributed by atoms with Gasteiger partial charge in [0.25, 0.3) is 5.56 Å². The summed E-state index contributed by atoms with van der Waals surface area (Å²) < 4.78 is 7.06. The maximum absolute atomic E-state index is 12.4. The zero-order valence-electron chi connectivity index (χ0n) is 13.9. The summed E-state index contributed by atoms with van der Waals surface area (Å²) in [6.45, 7) is 2.84. The number of carbonyl (C=O) groups is 1. The topological polar surface area (TPSA) is 67.2 Å². The average Bonchev–Trinajstić information content (AvgIpc) is 2.74. The lowest BCUT2D eigenvalue weighted by Crippen LogP contribution is -2.43. The minimum Gasteiger partial charge on any atom is -0.378 e. The van der Waals surface area contributed by atoms with E-state index >= 15 is 0 Å². The van der Waals surface area contributed by atoms with Crippen LogP contribution in [0.4, 0.5) is 0 Å². The molecule has 8 heteroatoms. The number of nitrogens with zero attached hydrogens (tertiary/aromatic N) is 4. The fourth-order valence-electron chi connectivity index (χ4n) is 3.55. The molecule has 1 amide bonds. The van der Waals surface area contributed by atoms with E-state index < -0.39 is 0 Å². The highest BCUT2D eigenvalue weighted by atomic mass is 35.5. The first-order valence-corrected chi connectivity index (χ1v) is 8.63. The summed E-state index contributed by atoms with van der Waals surface area (Å²) in [5, 5.41) is 0.492. The Morgan fingerprint density at radius 2 is 2.12 bits per heavy atom. The Kier molecular flexibility index (Phi) is 4.23. The first-order valence-electron chi connectivity index (χ1n) is 8.26. The number of pyridine rings is 1. The smallest absolute Gasteiger partial charge is 0.258 e. The second-order valence-electron chi connectivity index (χ2n) is 6.69. The molecule has 4 heterocycles. The molecule has 0 N–H and O–H groups in total. The zero-order chi connectivity index (χ0) is 17.6. The van der Waals surface area contributed by atoms with Crippen LogP contribution in [-0.2, 0) is 16.1 Å². The predicted octanol–water partition coefficient (Wildman–Crippen LogP) is 0.637. The van der Waals surface area contributed by atoms with Crippen LogP contribution < -0.4 is 5.56 Å². The summed E-state index contributed by atoms with van der Waals surface area (Å²) >= 11 is 5.94. The molecule has 2 aromatic heterocycles. The number of carbonyl (C=O) groups excluding carboxylic acids is 1. The Bertz CT molecular complexity index is 884. The monoisotopic (exact) mass is 362 g/mol. The molecule has 2 saturated heterocycles. The van der Waals surface area contributed by atoms with Gasteiger partial charge in [0.15, 0.2) is 0 Å². The van der Waals surface area contributed by atoms with Crippen LogP contribution in [0.5, 0.6) is 0 Å². The van der Waals surface area contributed by atoms with Crippen molar-refractivity contribution in [2.24, 2.45) is 5.92 Å². The molecule has 2 fully saturated rings. The number of rotatable bonds is 2. The van der Waals surface area contributed by atoms with Gasteiger partial charge in [-0.2, -0.15) is 0 Å². The van der Waals surface area contributed by atoms with Crippen LogP contribution in [0.25, 0.3) is 5.65 Å². The number of hydrogen-bond donors (Lipinski definition) is 0. The molecule has 7 nitrogen and oxygen atoms in total. The molecule has 0 radical (unpaired) electrons. The third-order valence-corrected chi connectivity index (χ3v) is 5.11. The highest BCUT2D eigenvalue weighted by Gasteiger charge is 2.37. The fraction of sp³-hybridized carbons (Fsp3) is 0.471. The fourth-order valence-corrected chi connectivity index (χ4v) is 3.71. The van der Waals surface area contributed by atoms with Crippen molar-refractivity contribution in [2.45, 2.75) is 12.6 Å². The van der Waals surface area contributed by atoms with E-state index in [1.807, 2.05) is 7.05 Å². The van der Waals surface area contributed by atoms with Crippen molar-refractivity contribution in [3.05, 3.63) is 45.5 Å². The molecule has 0 aromatic carbocycles. The van der Waals surface area contributed by atoms with Gasteiger partial charge in [-0.25, -0.2) is 4.98 Å². The van der Waals surface area contributed by atoms with Crippen molar-refractivity contribution < 1.29 is 9.53 Å². The number of hydrogen-bond acceptors (Lipinski definition) is 5. The van der Waals surface area contributed by atoms with Gasteiger partial charge in [0.05, 0.1) is 35.9 Å². The Morgan fingerprint density at radius 3 is 2.96 bits per heavy atom. The van der Waals surface area contributed by atoms with E-state index in [-0.39, 0.29) is 23.4 Å². The van der Waals surface area contributed by atoms with Crippen molar-refractivity contribution in [2.75, 3.05) is 33.4 Å². The van der Waals surface area contributed by atoms with Crippen molar-refractivity contribution in [3.8, 4) is 0 Å². The first-order chi connectivity index (χ1) is 12.0. The molecular weight excluding hydrogens is 344 g/mol. The summed E-state index contributed by atoms with van der Waals surface area (Å²) in [5.74, 6) is -0.0379. The van der Waals surface area contributed by atoms with Crippen LogP contribution in [-0.4, -0.2) is 64.5 Å². The summed E-state index contributed by atoms with van der Waals surface area (Å²) in [6, 6.07) is 5.01. The molecule has 0 spiro atoms. The molecule has 0 unspecified atom stereocenters. The van der Waals surface area contributed by atoms with Gasteiger partial charge < -0.3 is 9.64 Å². The minimum absolute atomic E-state index is 0.0281. The Labute approximate surface area is 149 Å². The van der Waals surface area contributed by atoms with Crippen LogP contribution in [0.3, 0.4) is 0 Å². The van der Waals surface area contributed by atoms with E-state index in [1.54, 1.807) is 23.2 Å². The lowest BCUT2D eigenvalue weighted by atomic mass is 10.1. The van der Waals surface area contributed by atoms with Gasteiger partial charge in [0, 0.05) is 38.9 Å². The Balaban J connectivity index is 1.62. The third-order valence-electron chi connectivity index (χ3n) is 4.88. The van der Waals surface area contributed by atoms with Crippen molar-refractivity contribution in [3.63, 3.8) is 0 Å². The molecule has 0 saturated carbocycles. The molecule has 2 atom stereocenters. The third kappa shape index (κ3) is 3.15. The van der Waals surface area contributed by atoms with Crippen molar-refractivity contribution in [1.29, 1.82) is 0 Å². The van der Waals surface area contributed by atoms with Gasteiger partial charge in [-0.05, 0) is 12.1 Å². The van der Waals surface area contributed by atoms with Gasteiger partial charge in [-0.1, -0.05) is 11.6 Å². The predicted molar refractivity (Wildman–Crippen MR) is 92.6 cm³/mol. The van der Waals surface area contributed by atoms with Gasteiger partial charge >= 0.3 is 0 Å². The van der Waals surface area contributed by atoms with Gasteiger partial charge in [0.1, 0.15) is 5.65 Å². The van der Waals surface area contributed by atoms with E-state index in [4.69, 9.17) is 16.3 Å². The van der Waals surface area contributed by atoms with Gasteiger partial charge in [-0.3, -0.25) is 18.9 Å². The van der Waals surface area contributed by atoms with Crippen LogP contribution in [0.15, 0.2) is 29.2 Å². The second kappa shape index (κ2) is 6.40. The maximum atomic E-state index is 12.4. The molecule has 2 aliphatic heterocycles. The lowest BCUT2D eigenvalue weighted by Gasteiger charge is -2.29. The zero-order valence-corrected chi connectivity index (χ0v) is 14.6. The normalized spacial score (nSPS) is 24.6. The molecule has 2 bridgehead atoms. The van der Waals surface area contributed by atoms with E-state index in [9.17, 15) is 9.59 Å². The molecule has 0 aliphatic carbocycles. The van der Waals surface area contributed by atoms with Crippen LogP contribution >= 0.6 is 11.6 Å². The average molecular weight is 363 g/mol. The summed E-state index contributed by atoms with van der Waals surface area (Å²) in [7, 11) is 1.84. The second-order valence-corrected chi connectivity index (χ2v) is 7.13. The molecule has 2 aromatic rings. The van der Waals surface area contributed by atoms with Crippen LogP contribution in [0.1, 0.15) is 5.69 Å². The SMILES string of the molecule is CN1C(=O)[C@H]2COC[C@@H]1CN(Cc1cc(=O)n3cc(Cl)ccc3n1)C2. The summed E-state index contributed by atoms with van der Waals surface area (Å²) in [4.78, 5) is 33.3. The van der Waals surface area contributed by atoms with E-state index in [2.05, 4.69) is 9.88 Å². The molecule has 25 heavy (non-hydrogen) atoms. The highest BCUT2D eigenvalue weighted by Crippen LogP contribution is 2.20. The van der Waals surface area contributed by atoms with Crippen molar-refractivity contribution in [1.82, 2.24) is 19.2 Å². The van der Waals surface area contributed by atoms with Crippen molar-refractivity contribution >= 4 is 23.2 Å². The number of ether oxygens (including phenoxy) is 1. The van der Waals surface area contributed by atoms with Gasteiger partial charge in [0.2, 0.25) is 5.91 Å². The molecule has 132 valence electrons. The largest absolute Gasteiger partial charge is 0.378 e. The molecule has 4 rings (SSSR count). The number of amides is 1. The lowest BCUT2D eigenvalue weighted by molar-refractivity contribution is -0.133. The van der Waals surface area contributed by atoms with E-state index in [0.29, 0.717) is 49.2 Å². The minimum atomic E-state index is -0.169. The van der Waals surface area contributed by atoms with E-state index in [0.717, 1.165) is 0 Å². The summed E-state index contributed by atoms with van der Waals surface area (Å²) in [5.41, 5.74) is 1.11. The van der Waals surface area contributed by atoms with Crippen LogP contribution in [0, 0.1) is 5.92 Å². The van der Waals surface area contributed by atoms with Crippen LogP contribution in [0.2, 0.25) is 5.02 Å². The van der Waals surface area contributed by atoms with E-state index in [1.165, 1.54) is 10.5 Å². The Hall–Kier alpha value is -1.96. The maximum Gasteiger partial charge on any atom is 0.258 e. The highest BCUT2D eigenvalue weighted by molar-refractivity contribution is 6.30.